The first kappa shape index (κ1) is 91.9. The fraction of sp³-hybridized carbons (Fsp3) is 0.0645. The van der Waals surface area contributed by atoms with Gasteiger partial charge in [0.2, 0.25) is 22.0 Å². The zero-order valence-corrected chi connectivity index (χ0v) is 71.9. The van der Waals surface area contributed by atoms with Crippen molar-refractivity contribution in [3.63, 3.8) is 0 Å². The number of fused-ring (bicyclic) bond motifs is 6. The Bertz CT molecular complexity index is 6680. The standard InChI is InChI=1S/C16H12O4.C15H10O4.C14H9BrFNO.C14H9BrO2.C13H11BrO.C12H10BrNO.C7H3BrFN.2CO2/c1-9-3-6-13-12(7-9)15(17)11-5-4-10(16(18)19-2)8-14(11)20-13;1-8-2-5-12-11(6-8)14(16)10-4-3-9(15(17)18)7-13(10)19-12;1-9-3-5-11(6-4-9)18-13-8-10(15)7-12(16)14(13)17-2;1-8-2-5-12-11(6-8)14(16)10-4-3-9(15)7-13(10)17-12;1-10-5-7-12(8-6-10)15-13-4-2-3-11(14)9-13;13-9-2-1-3-12(8-9)15-11-6-4-10(14)5-7-11;1-10-7-3-2-5(8)4-6(7)9;2*2-1-3/h3-8H,1-2H3;2-7H,1H3,(H,17,18);3-8H,1H3;2-7H,1H3;2-9H,1H3;1-8H,14H2;2-4H;;. The van der Waals surface area contributed by atoms with Gasteiger partial charge in [-0.15, -0.1) is 0 Å². The number of aromatic carboxylic acids is 1. The summed E-state index contributed by atoms with van der Waals surface area (Å²) < 4.78 is 68.8. The zero-order valence-electron chi connectivity index (χ0n) is 63.9. The Balaban J connectivity index is 0.000000173. The van der Waals surface area contributed by atoms with Gasteiger partial charge in [0.15, 0.2) is 0 Å². The predicted molar refractivity (Wildman–Crippen MR) is 473 cm³/mol. The number of nitrogen functional groups attached to an aromatic ring is 1. The average molecular weight is 1930 g/mol. The fourth-order valence-corrected chi connectivity index (χ4v) is 12.6. The van der Waals surface area contributed by atoms with Gasteiger partial charge in [-0.3, -0.25) is 14.4 Å². The maximum atomic E-state index is 13.6. The van der Waals surface area contributed by atoms with Crippen molar-refractivity contribution in [2.24, 2.45) is 0 Å². The van der Waals surface area contributed by atoms with Gasteiger partial charge in [-0.25, -0.2) is 28.1 Å². The van der Waals surface area contributed by atoms with Crippen LogP contribution in [-0.2, 0) is 23.9 Å². The number of benzene rings is 13. The molecule has 0 aliphatic rings. The molecule has 16 rings (SSSR count). The third-order valence-electron chi connectivity index (χ3n) is 16.5. The van der Waals surface area contributed by atoms with E-state index >= 15 is 0 Å². The molecule has 3 aromatic heterocycles. The Morgan fingerprint density at radius 1 is 0.383 bits per heavy atom. The highest BCUT2D eigenvalue weighted by atomic mass is 79.9. The molecule has 0 saturated carbocycles. The number of carboxylic acids is 1. The molecule has 0 aliphatic carbocycles. The van der Waals surface area contributed by atoms with E-state index in [4.69, 9.17) is 70.6 Å². The van der Waals surface area contributed by atoms with Crippen LogP contribution in [0.3, 0.4) is 0 Å². The number of esters is 1. The highest BCUT2D eigenvalue weighted by Crippen LogP contribution is 2.38. The van der Waals surface area contributed by atoms with Crippen LogP contribution in [0, 0.1) is 59.4 Å². The number of halogens is 7. The summed E-state index contributed by atoms with van der Waals surface area (Å²) in [4.78, 5) is 98.1. The van der Waals surface area contributed by atoms with Crippen LogP contribution in [0.5, 0.6) is 34.5 Å². The molecular formula is C93H64Br5F2N3O17. The summed E-state index contributed by atoms with van der Waals surface area (Å²) in [5, 5.41) is 12.1. The van der Waals surface area contributed by atoms with Crippen molar-refractivity contribution >= 4 is 187 Å². The largest absolute Gasteiger partial charge is 0.478 e. The minimum Gasteiger partial charge on any atom is -0.478 e. The third-order valence-corrected chi connectivity index (χ3v) is 18.9. The van der Waals surface area contributed by atoms with Gasteiger partial charge in [0.1, 0.15) is 79.6 Å². The molecule has 0 unspecified atom stereocenters. The van der Waals surface area contributed by atoms with Crippen molar-refractivity contribution in [2.75, 3.05) is 12.8 Å². The molecule has 3 heterocycles. The second-order valence-corrected chi connectivity index (χ2v) is 29.9. The smallest absolute Gasteiger partial charge is 0.373 e. The summed E-state index contributed by atoms with van der Waals surface area (Å²) in [7, 11) is 1.31. The molecule has 120 heavy (non-hydrogen) atoms. The normalized spacial score (nSPS) is 9.99. The molecule has 20 nitrogen and oxygen atoms in total. The quantitative estimate of drug-likeness (QED) is 0.0618. The summed E-state index contributed by atoms with van der Waals surface area (Å²) in [5.41, 5.74) is 14.8. The Kier molecular flexibility index (Phi) is 34.2. The first-order valence-corrected chi connectivity index (χ1v) is 39.0. The van der Waals surface area contributed by atoms with Gasteiger partial charge >= 0.3 is 24.2 Å². The van der Waals surface area contributed by atoms with E-state index in [1.54, 1.807) is 66.7 Å². The van der Waals surface area contributed by atoms with Gasteiger partial charge in [-0.2, -0.15) is 19.2 Å². The number of anilines is 1. The number of nitrogens with two attached hydrogens (primary N) is 1. The van der Waals surface area contributed by atoms with Gasteiger partial charge in [0, 0.05) is 28.1 Å². The van der Waals surface area contributed by atoms with Crippen LogP contribution in [0.4, 0.5) is 25.8 Å². The van der Waals surface area contributed by atoms with E-state index in [2.05, 4.69) is 101 Å². The molecule has 0 bridgehead atoms. The molecule has 3 N–H and O–H groups in total. The van der Waals surface area contributed by atoms with E-state index in [0.717, 1.165) is 64.4 Å². The van der Waals surface area contributed by atoms with Gasteiger partial charge in [0.25, 0.3) is 5.69 Å². The maximum absolute atomic E-state index is 13.6. The van der Waals surface area contributed by atoms with Crippen molar-refractivity contribution in [3.8, 4) is 34.5 Å². The van der Waals surface area contributed by atoms with Gasteiger partial charge in [0.05, 0.1) is 63.7 Å². The molecule has 602 valence electrons. The Hall–Kier alpha value is -13.6. The van der Waals surface area contributed by atoms with Crippen LogP contribution in [0.2, 0.25) is 0 Å². The lowest BCUT2D eigenvalue weighted by molar-refractivity contribution is -0.193. The number of carboxylic acid groups (broad SMARTS) is 1. The number of methoxy groups -OCH3 is 1. The molecule has 0 aliphatic heterocycles. The number of carbonyl (C=O) groups excluding carboxylic acids is 5. The lowest BCUT2D eigenvalue weighted by atomic mass is 10.1. The molecule has 27 heteroatoms. The number of rotatable bonds is 8. The fourth-order valence-electron chi connectivity index (χ4n) is 10.8. The molecule has 0 atom stereocenters. The van der Waals surface area contributed by atoms with E-state index in [9.17, 15) is 32.8 Å². The molecule has 0 radical (unpaired) electrons. The van der Waals surface area contributed by atoms with E-state index in [0.29, 0.717) is 86.1 Å². The minimum atomic E-state index is -1.05. The van der Waals surface area contributed by atoms with Crippen LogP contribution in [0.1, 0.15) is 48.5 Å². The highest BCUT2D eigenvalue weighted by Gasteiger charge is 2.16. The first-order valence-electron chi connectivity index (χ1n) is 35.1. The van der Waals surface area contributed by atoms with Crippen LogP contribution in [0.25, 0.3) is 75.5 Å². The van der Waals surface area contributed by atoms with E-state index in [-0.39, 0.29) is 51.3 Å². The minimum absolute atomic E-state index is 0.0254. The van der Waals surface area contributed by atoms with Gasteiger partial charge in [-0.05, 0) is 229 Å². The van der Waals surface area contributed by atoms with Crippen molar-refractivity contribution in [2.45, 2.75) is 34.6 Å². The highest BCUT2D eigenvalue weighted by molar-refractivity contribution is 9.11. The monoisotopic (exact) mass is 1930 g/mol. The van der Waals surface area contributed by atoms with E-state index < -0.39 is 23.6 Å². The molecule has 0 spiro atoms. The van der Waals surface area contributed by atoms with Crippen LogP contribution in [0.15, 0.2) is 311 Å². The Morgan fingerprint density at radius 3 is 1.16 bits per heavy atom. The lowest BCUT2D eigenvalue weighted by Crippen LogP contribution is -2.05. The molecule has 16 aromatic rings. The number of nitrogens with zero attached hydrogens (tertiary/aromatic N) is 2. The van der Waals surface area contributed by atoms with E-state index in [1.165, 1.54) is 55.1 Å². The molecular weight excluding hydrogens is 1870 g/mol. The third kappa shape index (κ3) is 26.5. The topological polar surface area (TPSA) is 285 Å². The maximum Gasteiger partial charge on any atom is 0.373 e. The zero-order chi connectivity index (χ0) is 87.3. The number of ether oxygens (including phenoxy) is 4. The van der Waals surface area contributed by atoms with Gasteiger partial charge < -0.3 is 43.0 Å². The van der Waals surface area contributed by atoms with Crippen LogP contribution >= 0.6 is 79.6 Å². The molecule has 13 aromatic carbocycles. The van der Waals surface area contributed by atoms with Crippen molar-refractivity contribution in [1.29, 1.82) is 0 Å². The Morgan fingerprint density at radius 2 is 0.750 bits per heavy atom. The number of aryl methyl sites for hydroxylation is 5. The summed E-state index contributed by atoms with van der Waals surface area (Å²) in [6.07, 6.45) is 0.500. The number of hydrogen-bond donors (Lipinski definition) is 2. The molecule has 0 amide bonds. The second kappa shape index (κ2) is 44.7. The van der Waals surface area contributed by atoms with Crippen LogP contribution in [-0.4, -0.2) is 36.5 Å². The SMILES string of the molecule is COC(=O)c1ccc2c(=O)c3cc(C)ccc3oc2c1.Cc1ccc(Oc2cccc(Br)c2)cc1.Cc1ccc2oc3cc(Br)ccc3c(=O)c2c1.Cc1ccc2oc3cc(C(=O)O)ccc3c(=O)c2c1.Nc1ccc(Oc2cccc(Br)c2)cc1.O=C=O.O=C=O.[C-]#[N+]c1c(F)cc(Br)cc1Oc1ccc(C)cc1.[C-]#[N+]c1ccc(Br)cc1F. The lowest BCUT2D eigenvalue weighted by Gasteiger charge is -2.09. The summed E-state index contributed by atoms with van der Waals surface area (Å²) in [5.74, 6) is 1.48. The molecule has 0 fully saturated rings. The molecule has 0 saturated heterocycles. The van der Waals surface area contributed by atoms with E-state index in [1.807, 2.05) is 179 Å². The first-order chi connectivity index (χ1) is 57.4. The average Bonchev–Trinajstić information content (AvgIpc) is 0.779. The predicted octanol–water partition coefficient (Wildman–Crippen LogP) is 25.6. The Labute approximate surface area is 725 Å². The summed E-state index contributed by atoms with van der Waals surface area (Å²) in [6, 6.07) is 76.2. The summed E-state index contributed by atoms with van der Waals surface area (Å²) in [6.45, 7) is 23.3. The number of carbonyl (C=O) groups is 2. The number of hydrogen-bond acceptors (Lipinski definition) is 17. The van der Waals surface area contributed by atoms with Crippen molar-refractivity contribution in [1.82, 2.24) is 0 Å². The van der Waals surface area contributed by atoms with Gasteiger partial charge in [-0.1, -0.05) is 174 Å². The van der Waals surface area contributed by atoms with Crippen molar-refractivity contribution in [3.05, 3.63) is 387 Å². The summed E-state index contributed by atoms with van der Waals surface area (Å²) >= 11 is 16.4. The second-order valence-electron chi connectivity index (χ2n) is 25.3. The van der Waals surface area contributed by atoms with Crippen molar-refractivity contribution < 1.29 is 74.9 Å². The van der Waals surface area contributed by atoms with Crippen LogP contribution < -0.4 is 36.2 Å².